The molecule has 4 heteroatoms. The molecule has 3 nitrogen and oxygen atoms in total. The van der Waals surface area contributed by atoms with Gasteiger partial charge in [0.05, 0.1) is 11.0 Å². The first-order chi connectivity index (χ1) is 6.63. The van der Waals surface area contributed by atoms with Crippen LogP contribution in [-0.4, -0.2) is 23.7 Å². The molecule has 0 saturated carbocycles. The van der Waals surface area contributed by atoms with Crippen LogP contribution in [0.3, 0.4) is 0 Å². The molecule has 2 N–H and O–H groups in total. The first kappa shape index (κ1) is 11.2. The molecule has 1 amide bonds. The summed E-state index contributed by atoms with van der Waals surface area (Å²) >= 11 is 1.46. The van der Waals surface area contributed by atoms with Gasteiger partial charge in [-0.15, -0.1) is 11.3 Å². The Morgan fingerprint density at radius 3 is 2.86 bits per heavy atom. The summed E-state index contributed by atoms with van der Waals surface area (Å²) in [5, 5.41) is 11.9. The van der Waals surface area contributed by atoms with E-state index in [4.69, 9.17) is 0 Å². The van der Waals surface area contributed by atoms with Crippen LogP contribution in [0.4, 0.5) is 0 Å². The van der Waals surface area contributed by atoms with E-state index in [0.29, 0.717) is 17.8 Å². The van der Waals surface area contributed by atoms with Gasteiger partial charge in [-0.3, -0.25) is 4.79 Å². The minimum absolute atomic E-state index is 0.101. The van der Waals surface area contributed by atoms with Crippen molar-refractivity contribution in [2.75, 3.05) is 6.54 Å². The first-order valence-corrected chi connectivity index (χ1v) is 5.47. The fourth-order valence-corrected chi connectivity index (χ4v) is 1.78. The molecule has 0 aliphatic heterocycles. The second-order valence-corrected chi connectivity index (χ2v) is 4.47. The molecule has 0 spiro atoms. The third-order valence-electron chi connectivity index (χ3n) is 1.93. The van der Waals surface area contributed by atoms with Crippen LogP contribution in [0, 0.1) is 6.92 Å². The predicted octanol–water partition coefficient (Wildman–Crippen LogP) is 1.56. The Morgan fingerprint density at radius 1 is 1.64 bits per heavy atom. The number of hydrogen-bond donors (Lipinski definition) is 2. The van der Waals surface area contributed by atoms with Crippen LogP contribution in [0.2, 0.25) is 0 Å². The molecule has 0 aliphatic rings. The highest BCUT2D eigenvalue weighted by Crippen LogP contribution is 2.14. The lowest BCUT2D eigenvalue weighted by Crippen LogP contribution is -2.31. The molecule has 1 heterocycles. The number of aliphatic hydroxyl groups excluding tert-OH is 1. The number of aryl methyl sites for hydroxylation is 1. The molecule has 0 saturated heterocycles. The van der Waals surface area contributed by atoms with Crippen LogP contribution in [0.15, 0.2) is 12.1 Å². The molecular formula is C10H15NO2S. The van der Waals surface area contributed by atoms with E-state index in [1.54, 1.807) is 6.07 Å². The van der Waals surface area contributed by atoms with Crippen molar-refractivity contribution < 1.29 is 9.90 Å². The zero-order valence-corrected chi connectivity index (χ0v) is 9.23. The Kier molecular flexibility index (Phi) is 4.10. The third kappa shape index (κ3) is 3.12. The Balaban J connectivity index is 2.43. The van der Waals surface area contributed by atoms with Crippen molar-refractivity contribution in [2.45, 2.75) is 26.4 Å². The molecule has 1 aromatic rings. The second kappa shape index (κ2) is 5.12. The Morgan fingerprint density at radius 2 is 2.36 bits per heavy atom. The van der Waals surface area contributed by atoms with E-state index >= 15 is 0 Å². The summed E-state index contributed by atoms with van der Waals surface area (Å²) in [7, 11) is 0. The number of thiophene rings is 1. The zero-order valence-electron chi connectivity index (χ0n) is 8.41. The highest BCUT2D eigenvalue weighted by molar-refractivity contribution is 7.13. The van der Waals surface area contributed by atoms with E-state index < -0.39 is 6.10 Å². The molecular weight excluding hydrogens is 198 g/mol. The summed E-state index contributed by atoms with van der Waals surface area (Å²) in [5.41, 5.74) is 0. The number of carbonyl (C=O) groups is 1. The van der Waals surface area contributed by atoms with Crippen LogP contribution in [0.5, 0.6) is 0 Å². The van der Waals surface area contributed by atoms with E-state index in [1.807, 2.05) is 19.9 Å². The number of rotatable bonds is 4. The van der Waals surface area contributed by atoms with Crippen molar-refractivity contribution in [2.24, 2.45) is 0 Å². The normalized spacial score (nSPS) is 12.5. The minimum atomic E-state index is -0.444. The molecule has 78 valence electrons. The maximum atomic E-state index is 11.5. The van der Waals surface area contributed by atoms with Gasteiger partial charge in [-0.25, -0.2) is 0 Å². The number of carbonyl (C=O) groups excluding carboxylic acids is 1. The number of hydrogen-bond acceptors (Lipinski definition) is 3. The lowest BCUT2D eigenvalue weighted by molar-refractivity contribution is 0.0918. The lowest BCUT2D eigenvalue weighted by Gasteiger charge is -2.07. The fourth-order valence-electron chi connectivity index (χ4n) is 0.999. The van der Waals surface area contributed by atoms with Crippen molar-refractivity contribution in [3.05, 3.63) is 21.9 Å². The van der Waals surface area contributed by atoms with Crippen molar-refractivity contribution in [1.29, 1.82) is 0 Å². The molecule has 14 heavy (non-hydrogen) atoms. The van der Waals surface area contributed by atoms with Crippen molar-refractivity contribution in [3.63, 3.8) is 0 Å². The molecule has 0 radical (unpaired) electrons. The highest BCUT2D eigenvalue weighted by atomic mass is 32.1. The Bertz CT molecular complexity index is 309. The van der Waals surface area contributed by atoms with E-state index in [1.165, 1.54) is 11.3 Å². The van der Waals surface area contributed by atoms with E-state index in [2.05, 4.69) is 5.32 Å². The third-order valence-corrected chi connectivity index (χ3v) is 2.93. The molecule has 1 atom stereocenters. The van der Waals surface area contributed by atoms with Gasteiger partial charge in [-0.2, -0.15) is 0 Å². The average Bonchev–Trinajstić information content (AvgIpc) is 2.60. The maximum Gasteiger partial charge on any atom is 0.261 e. The van der Waals surface area contributed by atoms with Crippen LogP contribution < -0.4 is 5.32 Å². The van der Waals surface area contributed by atoms with Crippen molar-refractivity contribution in [3.8, 4) is 0 Å². The van der Waals surface area contributed by atoms with Gasteiger partial charge >= 0.3 is 0 Å². The number of aliphatic hydroxyl groups is 1. The summed E-state index contributed by atoms with van der Waals surface area (Å²) < 4.78 is 0. The monoisotopic (exact) mass is 213 g/mol. The van der Waals surface area contributed by atoms with Gasteiger partial charge in [0.2, 0.25) is 0 Å². The van der Waals surface area contributed by atoms with Gasteiger partial charge < -0.3 is 10.4 Å². The SMILES string of the molecule is CCC(O)CNC(=O)c1ccc(C)s1. The summed E-state index contributed by atoms with van der Waals surface area (Å²) in [6.07, 6.45) is 0.212. The number of nitrogens with one attached hydrogen (secondary N) is 1. The van der Waals surface area contributed by atoms with E-state index in [9.17, 15) is 9.90 Å². The quantitative estimate of drug-likeness (QED) is 0.797. The summed E-state index contributed by atoms with van der Waals surface area (Å²) in [6.45, 7) is 4.17. The number of amides is 1. The van der Waals surface area contributed by atoms with Crippen molar-refractivity contribution in [1.82, 2.24) is 5.32 Å². The Labute approximate surface area is 87.8 Å². The maximum absolute atomic E-state index is 11.5. The predicted molar refractivity (Wildman–Crippen MR) is 57.7 cm³/mol. The van der Waals surface area contributed by atoms with Gasteiger partial charge in [0.25, 0.3) is 5.91 Å². The fraction of sp³-hybridized carbons (Fsp3) is 0.500. The van der Waals surface area contributed by atoms with Crippen LogP contribution in [0.25, 0.3) is 0 Å². The van der Waals surface area contributed by atoms with Crippen LogP contribution in [-0.2, 0) is 0 Å². The molecule has 1 rings (SSSR count). The lowest BCUT2D eigenvalue weighted by atomic mass is 10.3. The van der Waals surface area contributed by atoms with Crippen LogP contribution >= 0.6 is 11.3 Å². The molecule has 0 aliphatic carbocycles. The summed E-state index contributed by atoms with van der Waals surface area (Å²) in [6, 6.07) is 3.71. The minimum Gasteiger partial charge on any atom is -0.391 e. The van der Waals surface area contributed by atoms with E-state index in [0.717, 1.165) is 4.88 Å². The zero-order chi connectivity index (χ0) is 10.6. The van der Waals surface area contributed by atoms with Gasteiger partial charge in [-0.05, 0) is 25.5 Å². The van der Waals surface area contributed by atoms with Gasteiger partial charge in [0.1, 0.15) is 0 Å². The van der Waals surface area contributed by atoms with E-state index in [-0.39, 0.29) is 5.91 Å². The molecule has 0 aromatic carbocycles. The largest absolute Gasteiger partial charge is 0.391 e. The smallest absolute Gasteiger partial charge is 0.261 e. The molecule has 0 bridgehead atoms. The van der Waals surface area contributed by atoms with Gasteiger partial charge in [0.15, 0.2) is 0 Å². The highest BCUT2D eigenvalue weighted by Gasteiger charge is 2.08. The summed E-state index contributed by atoms with van der Waals surface area (Å²) in [4.78, 5) is 13.3. The standard InChI is InChI=1S/C10H15NO2S/c1-3-8(12)6-11-10(13)9-5-4-7(2)14-9/h4-5,8,12H,3,6H2,1-2H3,(H,11,13). The average molecular weight is 213 g/mol. The van der Waals surface area contributed by atoms with Gasteiger partial charge in [-0.1, -0.05) is 6.92 Å². The molecule has 1 aromatic heterocycles. The molecule has 0 fully saturated rings. The second-order valence-electron chi connectivity index (χ2n) is 3.18. The first-order valence-electron chi connectivity index (χ1n) is 4.66. The summed E-state index contributed by atoms with van der Waals surface area (Å²) in [5.74, 6) is -0.101. The Hall–Kier alpha value is -0.870. The van der Waals surface area contributed by atoms with Crippen LogP contribution in [0.1, 0.15) is 27.9 Å². The van der Waals surface area contributed by atoms with Gasteiger partial charge in [0, 0.05) is 11.4 Å². The van der Waals surface area contributed by atoms with Crippen molar-refractivity contribution >= 4 is 17.2 Å². The topological polar surface area (TPSA) is 49.3 Å². The molecule has 1 unspecified atom stereocenters.